The Bertz CT molecular complexity index is 1390. The van der Waals surface area contributed by atoms with Gasteiger partial charge in [0, 0.05) is 12.6 Å². The summed E-state index contributed by atoms with van der Waals surface area (Å²) >= 11 is 0. The highest BCUT2D eigenvalue weighted by Crippen LogP contribution is 2.60. The Balaban J connectivity index is 1.40. The van der Waals surface area contributed by atoms with Crippen molar-refractivity contribution in [3.63, 3.8) is 0 Å². The van der Waals surface area contributed by atoms with E-state index in [-0.39, 0.29) is 30.5 Å². The first-order valence-electron chi connectivity index (χ1n) is 16.1. The number of carbonyl (C=O) groups excluding carboxylic acids is 2. The lowest BCUT2D eigenvalue weighted by Gasteiger charge is -2.57. The molecule has 0 heterocycles. The van der Waals surface area contributed by atoms with Gasteiger partial charge in [-0.1, -0.05) is 55.8 Å². The highest BCUT2D eigenvalue weighted by atomic mass is 32.2. The molecule has 4 fully saturated rings. The molecular weight excluding hydrogens is 558 g/mol. The second kappa shape index (κ2) is 12.6. The number of benzene rings is 2. The summed E-state index contributed by atoms with van der Waals surface area (Å²) in [5, 5.41) is 3.02. The van der Waals surface area contributed by atoms with Crippen LogP contribution in [0, 0.1) is 24.7 Å². The van der Waals surface area contributed by atoms with Gasteiger partial charge in [-0.2, -0.15) is 0 Å². The summed E-state index contributed by atoms with van der Waals surface area (Å²) < 4.78 is 27.5. The molecule has 4 aliphatic carbocycles. The fraction of sp³-hybridized carbons (Fsp3) is 0.600. The van der Waals surface area contributed by atoms with Gasteiger partial charge in [0.15, 0.2) is 0 Å². The maximum atomic E-state index is 14.1. The van der Waals surface area contributed by atoms with Crippen LogP contribution in [0.3, 0.4) is 0 Å². The van der Waals surface area contributed by atoms with Gasteiger partial charge in [-0.05, 0) is 112 Å². The minimum Gasteiger partial charge on any atom is -0.352 e. The van der Waals surface area contributed by atoms with E-state index in [2.05, 4.69) is 17.4 Å². The predicted octanol–water partition coefficient (Wildman–Crippen LogP) is 5.95. The largest absolute Gasteiger partial charge is 0.352 e. The number of carbonyl (C=O) groups is 2. The maximum absolute atomic E-state index is 14.1. The van der Waals surface area contributed by atoms with Gasteiger partial charge < -0.3 is 10.2 Å². The Labute approximate surface area is 258 Å². The van der Waals surface area contributed by atoms with Gasteiger partial charge in [0.25, 0.3) is 0 Å². The zero-order valence-corrected chi connectivity index (χ0v) is 27.3. The zero-order valence-electron chi connectivity index (χ0n) is 26.5. The van der Waals surface area contributed by atoms with Crippen molar-refractivity contribution in [3.8, 4) is 0 Å². The highest BCUT2D eigenvalue weighted by Gasteiger charge is 2.51. The summed E-state index contributed by atoms with van der Waals surface area (Å²) in [7, 11) is -3.77. The third-order valence-corrected chi connectivity index (χ3v) is 11.4. The summed E-state index contributed by atoms with van der Waals surface area (Å²) in [6, 6.07) is 15.1. The fourth-order valence-corrected chi connectivity index (χ4v) is 9.28. The molecule has 0 aliphatic heterocycles. The average Bonchev–Trinajstić information content (AvgIpc) is 2.94. The van der Waals surface area contributed by atoms with Crippen molar-refractivity contribution in [2.45, 2.75) is 103 Å². The summed E-state index contributed by atoms with van der Waals surface area (Å²) in [6.45, 7) is 7.66. The second-order valence-electron chi connectivity index (χ2n) is 13.8. The number of amides is 2. The minimum absolute atomic E-state index is 0.0301. The SMILES string of the molecule is CC[C@H](C(=O)N[C@@H](C)CC)N(Cc1cccc(C)c1)C(=O)CN(c1ccc(C23CC4CC(CC(C4)C2)C3)cc1)S(C)(=O)=O. The lowest BCUT2D eigenvalue weighted by Crippen LogP contribution is -2.53. The summed E-state index contributed by atoms with van der Waals surface area (Å²) in [5.41, 5.74) is 3.95. The number of hydrogen-bond donors (Lipinski definition) is 1. The van der Waals surface area contributed by atoms with E-state index in [0.29, 0.717) is 12.1 Å². The summed E-state index contributed by atoms with van der Waals surface area (Å²) in [6.07, 6.45) is 10.1. The van der Waals surface area contributed by atoms with E-state index in [1.54, 1.807) is 4.90 Å². The first-order chi connectivity index (χ1) is 20.4. The molecule has 0 unspecified atom stereocenters. The molecule has 4 aliphatic rings. The molecule has 2 aromatic rings. The van der Waals surface area contributed by atoms with Crippen molar-refractivity contribution in [3.05, 3.63) is 65.2 Å². The lowest BCUT2D eigenvalue weighted by atomic mass is 9.48. The number of anilines is 1. The van der Waals surface area contributed by atoms with Crippen LogP contribution < -0.4 is 9.62 Å². The topological polar surface area (TPSA) is 86.8 Å². The van der Waals surface area contributed by atoms with E-state index < -0.39 is 22.0 Å². The highest BCUT2D eigenvalue weighted by molar-refractivity contribution is 7.92. The summed E-state index contributed by atoms with van der Waals surface area (Å²) in [5.74, 6) is 1.84. The zero-order chi connectivity index (χ0) is 30.9. The molecule has 2 amide bonds. The van der Waals surface area contributed by atoms with Gasteiger partial charge in [-0.15, -0.1) is 0 Å². The van der Waals surface area contributed by atoms with Crippen molar-refractivity contribution in [1.29, 1.82) is 0 Å². The van der Waals surface area contributed by atoms with E-state index in [1.807, 2.05) is 64.1 Å². The summed E-state index contributed by atoms with van der Waals surface area (Å²) in [4.78, 5) is 29.0. The van der Waals surface area contributed by atoms with E-state index in [4.69, 9.17) is 0 Å². The van der Waals surface area contributed by atoms with Crippen LogP contribution in [0.25, 0.3) is 0 Å². The Morgan fingerprint density at radius 1 is 0.953 bits per heavy atom. The molecule has 2 atom stereocenters. The minimum atomic E-state index is -3.77. The van der Waals surface area contributed by atoms with Crippen molar-refractivity contribution in [2.24, 2.45) is 17.8 Å². The van der Waals surface area contributed by atoms with Gasteiger partial charge >= 0.3 is 0 Å². The van der Waals surface area contributed by atoms with Crippen LogP contribution in [-0.2, 0) is 31.6 Å². The maximum Gasteiger partial charge on any atom is 0.244 e. The molecule has 2 aromatic carbocycles. The van der Waals surface area contributed by atoms with Gasteiger partial charge in [0.05, 0.1) is 11.9 Å². The van der Waals surface area contributed by atoms with Crippen LogP contribution >= 0.6 is 0 Å². The van der Waals surface area contributed by atoms with Gasteiger partial charge in [-0.25, -0.2) is 8.42 Å². The smallest absolute Gasteiger partial charge is 0.244 e. The molecule has 4 bridgehead atoms. The van der Waals surface area contributed by atoms with Crippen LogP contribution in [-0.4, -0.2) is 50.0 Å². The molecule has 43 heavy (non-hydrogen) atoms. The first-order valence-corrected chi connectivity index (χ1v) is 18.0. The first kappa shape index (κ1) is 31.6. The van der Waals surface area contributed by atoms with Crippen LogP contribution in [0.4, 0.5) is 5.69 Å². The van der Waals surface area contributed by atoms with E-state index in [0.717, 1.165) is 41.6 Å². The number of rotatable bonds is 12. The van der Waals surface area contributed by atoms with Crippen LogP contribution in [0.5, 0.6) is 0 Å². The molecular formula is C35H49N3O4S. The average molecular weight is 608 g/mol. The van der Waals surface area contributed by atoms with E-state index >= 15 is 0 Å². The number of sulfonamides is 1. The molecule has 0 spiro atoms. The van der Waals surface area contributed by atoms with Crippen molar-refractivity contribution in [2.75, 3.05) is 17.1 Å². The molecule has 0 saturated heterocycles. The van der Waals surface area contributed by atoms with Crippen LogP contribution in [0.2, 0.25) is 0 Å². The van der Waals surface area contributed by atoms with Crippen molar-refractivity contribution in [1.82, 2.24) is 10.2 Å². The Kier molecular flexibility index (Phi) is 9.26. The van der Waals surface area contributed by atoms with Gasteiger partial charge in [0.2, 0.25) is 21.8 Å². The molecule has 0 radical (unpaired) electrons. The third-order valence-electron chi connectivity index (χ3n) is 10.3. The van der Waals surface area contributed by atoms with E-state index in [9.17, 15) is 18.0 Å². The quantitative estimate of drug-likeness (QED) is 0.323. The normalized spacial score (nSPS) is 25.7. The Hall–Kier alpha value is -2.87. The fourth-order valence-electron chi connectivity index (χ4n) is 8.43. The molecule has 234 valence electrons. The van der Waals surface area contributed by atoms with Gasteiger partial charge in [-0.3, -0.25) is 13.9 Å². The number of aryl methyl sites for hydroxylation is 1. The van der Waals surface area contributed by atoms with E-state index in [1.165, 1.54) is 48.4 Å². The number of nitrogens with one attached hydrogen (secondary N) is 1. The van der Waals surface area contributed by atoms with Crippen LogP contribution in [0.15, 0.2) is 48.5 Å². The molecule has 0 aromatic heterocycles. The lowest BCUT2D eigenvalue weighted by molar-refractivity contribution is -0.140. The van der Waals surface area contributed by atoms with Crippen molar-refractivity contribution >= 4 is 27.5 Å². The standard InChI is InChI=1S/C35H49N3O4S/c1-6-25(4)36-34(40)32(7-2)37(22-26-10-8-9-24(3)15-26)33(39)23-38(43(5,41)42)31-13-11-30(12-14-31)35-19-27-16-28(20-35)18-29(17-27)21-35/h8-15,25,27-29,32H,6-7,16-23H2,1-5H3,(H,36,40)/t25-,27?,28?,29?,32+,35?/m0/s1. The number of hydrogen-bond acceptors (Lipinski definition) is 4. The van der Waals surface area contributed by atoms with Crippen LogP contribution in [0.1, 0.15) is 88.8 Å². The van der Waals surface area contributed by atoms with Gasteiger partial charge in [0.1, 0.15) is 12.6 Å². The van der Waals surface area contributed by atoms with Crippen molar-refractivity contribution < 1.29 is 18.0 Å². The Morgan fingerprint density at radius 2 is 1.56 bits per heavy atom. The molecule has 4 saturated carbocycles. The Morgan fingerprint density at radius 3 is 2.07 bits per heavy atom. The predicted molar refractivity (Wildman–Crippen MR) is 172 cm³/mol. The third kappa shape index (κ3) is 6.95. The monoisotopic (exact) mass is 607 g/mol. The molecule has 1 N–H and O–H groups in total. The second-order valence-corrected chi connectivity index (χ2v) is 15.7. The molecule has 7 nitrogen and oxygen atoms in total. The molecule has 6 rings (SSSR count). The molecule has 8 heteroatoms. The number of nitrogens with zero attached hydrogens (tertiary/aromatic N) is 2.